The number of halogens is 1. The van der Waals surface area contributed by atoms with Gasteiger partial charge in [-0.1, -0.05) is 17.3 Å². The molecule has 4 rings (SSSR count). The highest BCUT2D eigenvalue weighted by atomic mass is 79.9. The van der Waals surface area contributed by atoms with E-state index in [0.29, 0.717) is 21.5 Å². The van der Waals surface area contributed by atoms with Gasteiger partial charge < -0.3 is 33.5 Å². The maximum atomic E-state index is 11.0. The molecule has 0 amide bonds. The summed E-state index contributed by atoms with van der Waals surface area (Å²) in [5, 5.41) is 14.9. The largest absolute Gasteiger partial charge is 0.495 e. The maximum absolute atomic E-state index is 11.0. The summed E-state index contributed by atoms with van der Waals surface area (Å²) in [6, 6.07) is 11.4. The number of morpholine rings is 1. The fourth-order valence-electron chi connectivity index (χ4n) is 3.74. The lowest BCUT2D eigenvalue weighted by atomic mass is 10.0. The lowest BCUT2D eigenvalue weighted by Crippen LogP contribution is -2.36. The van der Waals surface area contributed by atoms with Crippen LogP contribution in [0.5, 0.6) is 11.5 Å². The van der Waals surface area contributed by atoms with Gasteiger partial charge in [-0.05, 0) is 45.8 Å². The van der Waals surface area contributed by atoms with Crippen LogP contribution in [-0.4, -0.2) is 62.9 Å². The SMILES string of the molecule is COc1cc(-c2nc(C(O)C(OC)c3ccc(N4CCOCC4)cc3)no2)cc(OC)c1Br. The Balaban J connectivity index is 1.55. The molecule has 2 unspecified atom stereocenters. The third kappa shape index (κ3) is 4.98. The minimum absolute atomic E-state index is 0.120. The fraction of sp³-hybridized carbons (Fsp3) is 0.391. The molecule has 33 heavy (non-hydrogen) atoms. The summed E-state index contributed by atoms with van der Waals surface area (Å²) in [7, 11) is 4.65. The van der Waals surface area contributed by atoms with Crippen molar-refractivity contribution in [2.45, 2.75) is 12.2 Å². The maximum Gasteiger partial charge on any atom is 0.258 e. The van der Waals surface area contributed by atoms with E-state index in [9.17, 15) is 5.11 Å². The normalized spacial score (nSPS) is 15.8. The van der Waals surface area contributed by atoms with Gasteiger partial charge in [0.15, 0.2) is 0 Å². The van der Waals surface area contributed by atoms with E-state index < -0.39 is 12.2 Å². The Morgan fingerprint density at radius 2 is 1.67 bits per heavy atom. The monoisotopic (exact) mass is 519 g/mol. The van der Waals surface area contributed by atoms with Gasteiger partial charge in [0.1, 0.15) is 28.2 Å². The van der Waals surface area contributed by atoms with Crippen LogP contribution in [0.3, 0.4) is 0 Å². The number of hydrogen-bond donors (Lipinski definition) is 1. The molecular formula is C23H26BrN3O6. The minimum atomic E-state index is -1.12. The average molecular weight is 520 g/mol. The Labute approximate surface area is 200 Å². The van der Waals surface area contributed by atoms with Crippen LogP contribution >= 0.6 is 15.9 Å². The lowest BCUT2D eigenvalue weighted by molar-refractivity contribution is -0.0202. The zero-order valence-electron chi connectivity index (χ0n) is 18.7. The van der Waals surface area contributed by atoms with E-state index in [0.717, 1.165) is 37.6 Å². The Bertz CT molecular complexity index is 1040. The van der Waals surface area contributed by atoms with Gasteiger partial charge in [0.05, 0.1) is 27.4 Å². The van der Waals surface area contributed by atoms with Crippen molar-refractivity contribution in [3.05, 3.63) is 52.3 Å². The van der Waals surface area contributed by atoms with Crippen LogP contribution < -0.4 is 14.4 Å². The summed E-state index contributed by atoms with van der Waals surface area (Å²) in [4.78, 5) is 6.65. The Morgan fingerprint density at radius 1 is 1.03 bits per heavy atom. The predicted octanol–water partition coefficient (Wildman–Crippen LogP) is 3.77. The number of ether oxygens (including phenoxy) is 4. The van der Waals surface area contributed by atoms with Crippen LogP contribution in [0.1, 0.15) is 23.6 Å². The van der Waals surface area contributed by atoms with Crippen LogP contribution in [0.4, 0.5) is 5.69 Å². The molecule has 0 aliphatic carbocycles. The third-order valence-corrected chi connectivity index (χ3v) is 6.32. The number of hydrogen-bond acceptors (Lipinski definition) is 9. The van der Waals surface area contributed by atoms with E-state index in [1.165, 1.54) is 7.11 Å². The van der Waals surface area contributed by atoms with Crippen LogP contribution in [-0.2, 0) is 9.47 Å². The molecular weight excluding hydrogens is 494 g/mol. The van der Waals surface area contributed by atoms with E-state index in [2.05, 4.69) is 31.0 Å². The first-order valence-corrected chi connectivity index (χ1v) is 11.2. The minimum Gasteiger partial charge on any atom is -0.495 e. The second kappa shape index (κ2) is 10.5. The smallest absolute Gasteiger partial charge is 0.258 e. The molecule has 0 bridgehead atoms. The summed E-state index contributed by atoms with van der Waals surface area (Å²) in [6.07, 6.45) is -1.79. The van der Waals surface area contributed by atoms with E-state index in [-0.39, 0.29) is 11.7 Å². The van der Waals surface area contributed by atoms with Crippen molar-refractivity contribution in [3.63, 3.8) is 0 Å². The van der Waals surface area contributed by atoms with Gasteiger partial charge in [-0.25, -0.2) is 0 Å². The van der Waals surface area contributed by atoms with E-state index in [1.54, 1.807) is 26.4 Å². The van der Waals surface area contributed by atoms with Gasteiger partial charge in [-0.3, -0.25) is 0 Å². The second-order valence-corrected chi connectivity index (χ2v) is 8.24. The fourth-order valence-corrected chi connectivity index (χ4v) is 4.30. The van der Waals surface area contributed by atoms with Gasteiger partial charge >= 0.3 is 0 Å². The number of rotatable bonds is 8. The quantitative estimate of drug-likeness (QED) is 0.476. The molecule has 1 aliphatic rings. The molecule has 0 saturated carbocycles. The molecule has 10 heteroatoms. The highest BCUT2D eigenvalue weighted by molar-refractivity contribution is 9.10. The first-order valence-electron chi connectivity index (χ1n) is 10.4. The molecule has 176 valence electrons. The molecule has 2 heterocycles. The van der Waals surface area contributed by atoms with Gasteiger partial charge in [0, 0.05) is 31.5 Å². The number of aromatic nitrogens is 2. The van der Waals surface area contributed by atoms with Crippen LogP contribution in [0.25, 0.3) is 11.5 Å². The molecule has 1 saturated heterocycles. The second-order valence-electron chi connectivity index (χ2n) is 7.44. The van der Waals surface area contributed by atoms with Crippen molar-refractivity contribution >= 4 is 21.6 Å². The molecule has 2 atom stereocenters. The van der Waals surface area contributed by atoms with Gasteiger partial charge in [0.2, 0.25) is 5.82 Å². The number of anilines is 1. The molecule has 1 fully saturated rings. The topological polar surface area (TPSA) is 99.3 Å². The van der Waals surface area contributed by atoms with Gasteiger partial charge in [0.25, 0.3) is 5.89 Å². The molecule has 1 N–H and O–H groups in total. The van der Waals surface area contributed by atoms with Crippen LogP contribution in [0.2, 0.25) is 0 Å². The zero-order chi connectivity index (χ0) is 23.4. The first kappa shape index (κ1) is 23.5. The average Bonchev–Trinajstić information content (AvgIpc) is 3.36. The van der Waals surface area contributed by atoms with E-state index in [1.807, 2.05) is 24.3 Å². The predicted molar refractivity (Wildman–Crippen MR) is 125 cm³/mol. The summed E-state index contributed by atoms with van der Waals surface area (Å²) in [6.45, 7) is 3.15. The molecule has 3 aromatic rings. The number of benzene rings is 2. The highest BCUT2D eigenvalue weighted by Gasteiger charge is 2.28. The molecule has 2 aromatic carbocycles. The number of aliphatic hydroxyl groups is 1. The standard InChI is InChI=1S/C23H26BrN3O6/c1-29-17-12-15(13-18(30-2)19(17)24)23-25-22(26-33-23)20(28)21(31-3)14-4-6-16(7-5-14)27-8-10-32-11-9-27/h4-7,12-13,20-21,28H,8-11H2,1-3H3. The molecule has 9 nitrogen and oxygen atoms in total. The van der Waals surface area contributed by atoms with Crippen molar-refractivity contribution in [1.82, 2.24) is 10.1 Å². The van der Waals surface area contributed by atoms with Crippen molar-refractivity contribution in [3.8, 4) is 23.0 Å². The lowest BCUT2D eigenvalue weighted by Gasteiger charge is -2.29. The van der Waals surface area contributed by atoms with Crippen molar-refractivity contribution in [2.24, 2.45) is 0 Å². The van der Waals surface area contributed by atoms with Crippen molar-refractivity contribution in [1.29, 1.82) is 0 Å². The number of aliphatic hydroxyl groups excluding tert-OH is 1. The first-order chi connectivity index (χ1) is 16.0. The summed E-state index contributed by atoms with van der Waals surface area (Å²) < 4.78 is 27.8. The molecule has 0 spiro atoms. The third-order valence-electron chi connectivity index (χ3n) is 5.54. The summed E-state index contributed by atoms with van der Waals surface area (Å²) >= 11 is 3.44. The van der Waals surface area contributed by atoms with Crippen molar-refractivity contribution < 1.29 is 28.6 Å². The summed E-state index contributed by atoms with van der Waals surface area (Å²) in [5.74, 6) is 1.46. The number of nitrogens with zero attached hydrogens (tertiary/aromatic N) is 3. The van der Waals surface area contributed by atoms with Crippen LogP contribution in [0, 0.1) is 0 Å². The van der Waals surface area contributed by atoms with Gasteiger partial charge in [-0.15, -0.1) is 0 Å². The van der Waals surface area contributed by atoms with Crippen LogP contribution in [0.15, 0.2) is 45.4 Å². The Kier molecular flexibility index (Phi) is 7.49. The van der Waals surface area contributed by atoms with Crippen molar-refractivity contribution in [2.75, 3.05) is 52.5 Å². The summed E-state index contributed by atoms with van der Waals surface area (Å²) in [5.41, 5.74) is 2.51. The zero-order valence-corrected chi connectivity index (χ0v) is 20.2. The van der Waals surface area contributed by atoms with E-state index >= 15 is 0 Å². The van der Waals surface area contributed by atoms with E-state index in [4.69, 9.17) is 23.5 Å². The highest BCUT2D eigenvalue weighted by Crippen LogP contribution is 2.39. The Morgan fingerprint density at radius 3 is 2.24 bits per heavy atom. The Hall–Kier alpha value is -2.66. The number of methoxy groups -OCH3 is 3. The molecule has 0 radical (unpaired) electrons. The molecule has 1 aliphatic heterocycles. The van der Waals surface area contributed by atoms with Gasteiger partial charge in [-0.2, -0.15) is 4.98 Å². The molecule has 1 aromatic heterocycles.